The maximum Gasteiger partial charge on any atom is 0.393 e. The highest BCUT2D eigenvalue weighted by molar-refractivity contribution is 7.89. The third-order valence-corrected chi connectivity index (χ3v) is 12.1. The number of nitriles is 1. The Morgan fingerprint density at radius 2 is 1.89 bits per heavy atom. The third-order valence-electron chi connectivity index (χ3n) is 9.32. The van der Waals surface area contributed by atoms with Gasteiger partial charge in [0.2, 0.25) is 16.0 Å². The van der Waals surface area contributed by atoms with E-state index in [4.69, 9.17) is 5.73 Å². The number of fused-ring (bicyclic) bond motifs is 2. The van der Waals surface area contributed by atoms with E-state index in [-0.39, 0.29) is 28.8 Å². The van der Waals surface area contributed by atoms with E-state index in [1.54, 1.807) is 7.05 Å². The number of piperidine rings is 1. The van der Waals surface area contributed by atoms with E-state index in [2.05, 4.69) is 45.3 Å². The lowest BCUT2D eigenvalue weighted by atomic mass is 10.0. The molecule has 1 aromatic carbocycles. The molecule has 252 valence electrons. The normalized spacial score (nSPS) is 19.3. The summed E-state index contributed by atoms with van der Waals surface area (Å²) in [6.07, 6.45) is -3.68. The van der Waals surface area contributed by atoms with Crippen LogP contribution in [0.25, 0.3) is 21.1 Å². The summed E-state index contributed by atoms with van der Waals surface area (Å²) in [7, 11) is -1.72. The SMILES string of the molecule is Cc1c(CN2CCC(Nc3nc(N)nc4sc(CC(F)(F)F)cc34)CC2)ccc2c1cc(C#N)n2C[C@H](C)N1CCN(C)S(=O)(=O)C1. The molecule has 2 aliphatic heterocycles. The Kier molecular flexibility index (Phi) is 9.13. The molecule has 4 aromatic rings. The van der Waals surface area contributed by atoms with Crippen molar-refractivity contribution in [1.82, 2.24) is 28.6 Å². The fourth-order valence-electron chi connectivity index (χ4n) is 6.54. The minimum atomic E-state index is -4.30. The smallest absolute Gasteiger partial charge is 0.368 e. The first-order valence-electron chi connectivity index (χ1n) is 15.5. The average molecular weight is 690 g/mol. The molecule has 0 aliphatic carbocycles. The number of thiophene rings is 1. The molecule has 6 rings (SSSR count). The molecule has 1 atom stereocenters. The van der Waals surface area contributed by atoms with Crippen LogP contribution in [0.5, 0.6) is 0 Å². The number of anilines is 2. The number of hydrogen-bond donors (Lipinski definition) is 2. The molecule has 16 heteroatoms. The summed E-state index contributed by atoms with van der Waals surface area (Å²) in [5.41, 5.74) is 9.67. The number of aryl methyl sites for hydroxylation is 1. The van der Waals surface area contributed by atoms with Gasteiger partial charge >= 0.3 is 6.18 Å². The lowest BCUT2D eigenvalue weighted by molar-refractivity contribution is -0.126. The van der Waals surface area contributed by atoms with Gasteiger partial charge in [-0.25, -0.2) is 17.7 Å². The number of alkyl halides is 3. The van der Waals surface area contributed by atoms with Crippen LogP contribution < -0.4 is 11.1 Å². The maximum absolute atomic E-state index is 13.0. The summed E-state index contributed by atoms with van der Waals surface area (Å²) in [6, 6.07) is 9.94. The van der Waals surface area contributed by atoms with Gasteiger partial charge in [-0.05, 0) is 56.0 Å². The van der Waals surface area contributed by atoms with E-state index in [9.17, 15) is 26.9 Å². The fraction of sp³-hybridized carbons (Fsp3) is 0.516. The Hall–Kier alpha value is -3.49. The maximum atomic E-state index is 13.0. The van der Waals surface area contributed by atoms with Crippen molar-refractivity contribution >= 4 is 54.2 Å². The van der Waals surface area contributed by atoms with Gasteiger partial charge < -0.3 is 15.6 Å². The molecule has 3 N–H and O–H groups in total. The highest BCUT2D eigenvalue weighted by atomic mass is 32.2. The van der Waals surface area contributed by atoms with Crippen LogP contribution in [0.2, 0.25) is 0 Å². The number of nitrogens with two attached hydrogens (primary N) is 1. The largest absolute Gasteiger partial charge is 0.393 e. The number of rotatable bonds is 8. The van der Waals surface area contributed by atoms with Gasteiger partial charge in [-0.1, -0.05) is 6.07 Å². The molecule has 11 nitrogen and oxygen atoms in total. The molecule has 0 bridgehead atoms. The second kappa shape index (κ2) is 12.8. The zero-order chi connectivity index (χ0) is 33.7. The second-order valence-corrected chi connectivity index (χ2v) is 15.8. The molecule has 0 saturated carbocycles. The van der Waals surface area contributed by atoms with Crippen LogP contribution in [0.15, 0.2) is 24.3 Å². The molecule has 5 heterocycles. The molecule has 0 spiro atoms. The zero-order valence-corrected chi connectivity index (χ0v) is 28.1. The van der Waals surface area contributed by atoms with Crippen molar-refractivity contribution in [3.05, 3.63) is 46.0 Å². The van der Waals surface area contributed by atoms with Crippen molar-refractivity contribution in [2.24, 2.45) is 0 Å². The van der Waals surface area contributed by atoms with E-state index < -0.39 is 22.6 Å². The quantitative estimate of drug-likeness (QED) is 0.274. The fourth-order valence-corrected chi connectivity index (χ4v) is 8.97. The first kappa shape index (κ1) is 33.4. The molecule has 2 saturated heterocycles. The van der Waals surface area contributed by atoms with Crippen LogP contribution in [0, 0.1) is 18.3 Å². The number of aromatic nitrogens is 3. The van der Waals surface area contributed by atoms with E-state index in [0.717, 1.165) is 60.3 Å². The van der Waals surface area contributed by atoms with Gasteiger partial charge in [-0.15, -0.1) is 11.3 Å². The van der Waals surface area contributed by atoms with Crippen LogP contribution in [0.3, 0.4) is 0 Å². The molecule has 2 fully saturated rings. The summed E-state index contributed by atoms with van der Waals surface area (Å²) < 4.78 is 67.3. The summed E-state index contributed by atoms with van der Waals surface area (Å²) in [6.45, 7) is 8.04. The van der Waals surface area contributed by atoms with Gasteiger partial charge in [0.25, 0.3) is 0 Å². The van der Waals surface area contributed by atoms with Gasteiger partial charge in [0.1, 0.15) is 28.3 Å². The number of likely N-dealkylation sites (N-methyl/N-ethyl adjacent to an activating group) is 1. The van der Waals surface area contributed by atoms with E-state index in [0.29, 0.717) is 41.4 Å². The molecular formula is C31H38F3N9O2S2. The van der Waals surface area contributed by atoms with Crippen molar-refractivity contribution in [2.45, 2.75) is 64.5 Å². The summed E-state index contributed by atoms with van der Waals surface area (Å²) >= 11 is 0.987. The van der Waals surface area contributed by atoms with Gasteiger partial charge in [0.05, 0.1) is 11.8 Å². The Labute approximate surface area is 275 Å². The molecule has 47 heavy (non-hydrogen) atoms. The number of hydrogen-bond acceptors (Lipinski definition) is 10. The standard InChI is InChI=1S/C31H38F3N9O2S2/c1-19(42-11-10-40(3)47(44,45)18-42)16-43-23(15-35)12-25-20(2)21(4-5-27(25)43)17-41-8-6-22(7-9-41)37-28-26-13-24(14-31(32,33)34)46-29(26)39-30(36)38-28/h4-5,12-13,19,22H,6-11,14,16-18H2,1-3H3,(H3,36,37,38,39)/t19-/m0/s1. The van der Waals surface area contributed by atoms with Crippen LogP contribution in [-0.2, 0) is 29.5 Å². The summed E-state index contributed by atoms with van der Waals surface area (Å²) in [4.78, 5) is 13.4. The van der Waals surface area contributed by atoms with Crippen molar-refractivity contribution < 1.29 is 21.6 Å². The molecular weight excluding hydrogens is 652 g/mol. The number of nitrogens with one attached hydrogen (secondary N) is 1. The van der Waals surface area contributed by atoms with E-state index >= 15 is 0 Å². The predicted molar refractivity (Wildman–Crippen MR) is 177 cm³/mol. The minimum absolute atomic E-state index is 0.0267. The number of likely N-dealkylation sites (tertiary alicyclic amines) is 1. The third kappa shape index (κ3) is 7.19. The average Bonchev–Trinajstić information content (AvgIpc) is 3.56. The summed E-state index contributed by atoms with van der Waals surface area (Å²) in [5.74, 6) is 0.465. The number of nitrogen functional groups attached to an aromatic ring is 1. The van der Waals surface area contributed by atoms with Gasteiger partial charge in [-0.2, -0.15) is 23.4 Å². The Morgan fingerprint density at radius 3 is 2.57 bits per heavy atom. The van der Waals surface area contributed by atoms with Crippen LogP contribution in [0.1, 0.15) is 41.5 Å². The van der Waals surface area contributed by atoms with E-state index in [1.165, 1.54) is 15.9 Å². The van der Waals surface area contributed by atoms with Crippen molar-refractivity contribution in [3.63, 3.8) is 0 Å². The van der Waals surface area contributed by atoms with Crippen molar-refractivity contribution in [1.29, 1.82) is 5.26 Å². The molecule has 2 aliphatic rings. The molecule has 0 unspecified atom stereocenters. The lowest BCUT2D eigenvalue weighted by Crippen LogP contribution is -2.52. The topological polar surface area (TPSA) is 136 Å². The van der Waals surface area contributed by atoms with Crippen molar-refractivity contribution in [2.75, 3.05) is 50.2 Å². The lowest BCUT2D eigenvalue weighted by Gasteiger charge is -2.36. The van der Waals surface area contributed by atoms with E-state index in [1.807, 2.05) is 22.5 Å². The Balaban J connectivity index is 1.11. The zero-order valence-electron chi connectivity index (χ0n) is 26.5. The number of benzene rings is 1. The molecule has 0 radical (unpaired) electrons. The number of nitrogens with zero attached hydrogens (tertiary/aromatic N) is 7. The highest BCUT2D eigenvalue weighted by Crippen LogP contribution is 2.34. The first-order valence-corrected chi connectivity index (χ1v) is 17.9. The second-order valence-electron chi connectivity index (χ2n) is 12.6. The van der Waals surface area contributed by atoms with Gasteiger partial charge in [0, 0.05) is 74.2 Å². The Bertz CT molecular complexity index is 1940. The number of halogens is 3. The van der Waals surface area contributed by atoms with Gasteiger partial charge in [0.15, 0.2) is 0 Å². The summed E-state index contributed by atoms with van der Waals surface area (Å²) in [5, 5.41) is 15.0. The molecule has 0 amide bonds. The van der Waals surface area contributed by atoms with Crippen LogP contribution in [-0.4, -0.2) is 94.4 Å². The van der Waals surface area contributed by atoms with Crippen LogP contribution in [0.4, 0.5) is 24.9 Å². The minimum Gasteiger partial charge on any atom is -0.368 e. The van der Waals surface area contributed by atoms with Gasteiger partial charge in [-0.3, -0.25) is 9.80 Å². The first-order chi connectivity index (χ1) is 22.2. The monoisotopic (exact) mass is 689 g/mol. The van der Waals surface area contributed by atoms with Crippen molar-refractivity contribution in [3.8, 4) is 6.07 Å². The number of sulfonamides is 1. The van der Waals surface area contributed by atoms with Crippen LogP contribution >= 0.6 is 11.3 Å². The Morgan fingerprint density at radius 1 is 1.15 bits per heavy atom. The predicted octanol–water partition coefficient (Wildman–Crippen LogP) is 4.51. The highest BCUT2D eigenvalue weighted by Gasteiger charge is 2.32. The molecule has 3 aromatic heterocycles.